The van der Waals surface area contributed by atoms with Crippen LogP contribution in [0.25, 0.3) is 0 Å². The van der Waals surface area contributed by atoms with E-state index in [2.05, 4.69) is 4.72 Å². The molecule has 7 nitrogen and oxygen atoms in total. The van der Waals surface area contributed by atoms with E-state index in [1.165, 1.54) is 0 Å². The standard InChI is InChI=1S/C18H24N2O5S/c1-12-4-6-14(7-5-12)26(24,25)19-10-13-3-2-8-20(11-13)17(21)15-9-16(15)18(22)23/h4-7,13,15-16,19H,2-3,8-11H2,1H3,(H,22,23). The van der Waals surface area contributed by atoms with Crippen LogP contribution in [0.1, 0.15) is 24.8 Å². The van der Waals surface area contributed by atoms with E-state index < -0.39 is 27.8 Å². The maximum atomic E-state index is 12.4. The smallest absolute Gasteiger partial charge is 0.307 e. The molecular formula is C18H24N2O5S. The van der Waals surface area contributed by atoms with E-state index in [0.717, 1.165) is 18.4 Å². The Hall–Kier alpha value is -1.93. The number of nitrogens with one attached hydrogen (secondary N) is 1. The molecule has 1 amide bonds. The van der Waals surface area contributed by atoms with Gasteiger partial charge in [-0.25, -0.2) is 13.1 Å². The minimum absolute atomic E-state index is 0.0370. The average molecular weight is 380 g/mol. The largest absolute Gasteiger partial charge is 0.481 e. The Kier molecular flexibility index (Phi) is 5.34. The second-order valence-corrected chi connectivity index (χ2v) is 9.01. The number of carboxylic acid groups (broad SMARTS) is 1. The van der Waals surface area contributed by atoms with Gasteiger partial charge in [0.05, 0.1) is 16.7 Å². The van der Waals surface area contributed by atoms with Crippen LogP contribution in [0.2, 0.25) is 0 Å². The third-order valence-corrected chi connectivity index (χ3v) is 6.59. The van der Waals surface area contributed by atoms with Crippen LogP contribution >= 0.6 is 0 Å². The molecule has 0 bridgehead atoms. The number of rotatable bonds is 6. The number of likely N-dealkylation sites (tertiary alicyclic amines) is 1. The Balaban J connectivity index is 1.54. The van der Waals surface area contributed by atoms with E-state index >= 15 is 0 Å². The Morgan fingerprint density at radius 1 is 1.23 bits per heavy atom. The molecule has 142 valence electrons. The van der Waals surface area contributed by atoms with Gasteiger partial charge in [-0.3, -0.25) is 9.59 Å². The summed E-state index contributed by atoms with van der Waals surface area (Å²) in [6.45, 7) is 3.25. The molecule has 1 heterocycles. The Bertz CT molecular complexity index is 790. The predicted octanol–water partition coefficient (Wildman–Crippen LogP) is 1.23. The molecule has 2 fully saturated rings. The molecule has 0 radical (unpaired) electrons. The fourth-order valence-electron chi connectivity index (χ4n) is 3.44. The van der Waals surface area contributed by atoms with Crippen molar-refractivity contribution in [3.63, 3.8) is 0 Å². The average Bonchev–Trinajstić information content (AvgIpc) is 3.41. The molecule has 3 atom stereocenters. The Morgan fingerprint density at radius 2 is 1.92 bits per heavy atom. The van der Waals surface area contributed by atoms with Gasteiger partial charge in [-0.15, -0.1) is 0 Å². The zero-order chi connectivity index (χ0) is 18.9. The minimum atomic E-state index is -3.57. The fourth-order valence-corrected chi connectivity index (χ4v) is 4.55. The molecule has 2 N–H and O–H groups in total. The van der Waals surface area contributed by atoms with Crippen LogP contribution in [0, 0.1) is 24.7 Å². The number of sulfonamides is 1. The number of hydrogen-bond acceptors (Lipinski definition) is 4. The number of carboxylic acids is 1. The van der Waals surface area contributed by atoms with Crippen molar-refractivity contribution in [1.29, 1.82) is 0 Å². The van der Waals surface area contributed by atoms with Crippen molar-refractivity contribution >= 4 is 21.9 Å². The molecular weight excluding hydrogens is 356 g/mol. The molecule has 1 aromatic rings. The first-order valence-corrected chi connectivity index (χ1v) is 10.3. The van der Waals surface area contributed by atoms with Crippen LogP contribution in [-0.4, -0.2) is 49.9 Å². The van der Waals surface area contributed by atoms with Crippen LogP contribution < -0.4 is 4.72 Å². The van der Waals surface area contributed by atoms with Crippen LogP contribution in [0.3, 0.4) is 0 Å². The normalized spacial score (nSPS) is 25.7. The summed E-state index contributed by atoms with van der Waals surface area (Å²) in [5, 5.41) is 8.97. The summed E-state index contributed by atoms with van der Waals surface area (Å²) in [5.41, 5.74) is 0.991. The second-order valence-electron chi connectivity index (χ2n) is 7.24. The van der Waals surface area contributed by atoms with Gasteiger partial charge in [0.2, 0.25) is 15.9 Å². The number of benzene rings is 1. The van der Waals surface area contributed by atoms with Crippen LogP contribution in [0.5, 0.6) is 0 Å². The number of carbonyl (C=O) groups excluding carboxylic acids is 1. The first-order chi connectivity index (χ1) is 12.3. The summed E-state index contributed by atoms with van der Waals surface area (Å²) >= 11 is 0. The third-order valence-electron chi connectivity index (χ3n) is 5.15. The number of hydrogen-bond donors (Lipinski definition) is 2. The van der Waals surface area contributed by atoms with Crippen LogP contribution in [-0.2, 0) is 19.6 Å². The molecule has 2 aliphatic rings. The van der Waals surface area contributed by atoms with Crippen molar-refractivity contribution in [1.82, 2.24) is 9.62 Å². The Labute approximate surface area is 153 Å². The van der Waals surface area contributed by atoms with Crippen molar-refractivity contribution in [3.05, 3.63) is 29.8 Å². The summed E-state index contributed by atoms with van der Waals surface area (Å²) in [4.78, 5) is 25.3. The maximum absolute atomic E-state index is 12.4. The SMILES string of the molecule is Cc1ccc(S(=O)(=O)NCC2CCCN(C(=O)C3CC3C(=O)O)C2)cc1. The summed E-state index contributed by atoms with van der Waals surface area (Å²) in [5.74, 6) is -1.94. The second kappa shape index (κ2) is 7.36. The molecule has 1 saturated carbocycles. The number of amides is 1. The molecule has 1 saturated heterocycles. The quantitative estimate of drug-likeness (QED) is 0.773. The van der Waals surface area contributed by atoms with Crippen molar-refractivity contribution in [2.75, 3.05) is 19.6 Å². The number of nitrogens with zero attached hydrogens (tertiary/aromatic N) is 1. The molecule has 0 spiro atoms. The molecule has 3 unspecified atom stereocenters. The van der Waals surface area contributed by atoms with E-state index in [4.69, 9.17) is 5.11 Å². The van der Waals surface area contributed by atoms with Gasteiger partial charge >= 0.3 is 5.97 Å². The summed E-state index contributed by atoms with van der Waals surface area (Å²) in [6, 6.07) is 6.66. The van der Waals surface area contributed by atoms with E-state index in [9.17, 15) is 18.0 Å². The lowest BCUT2D eigenvalue weighted by molar-refractivity contribution is -0.142. The highest BCUT2D eigenvalue weighted by Crippen LogP contribution is 2.40. The highest BCUT2D eigenvalue weighted by molar-refractivity contribution is 7.89. The molecule has 1 aliphatic carbocycles. The highest BCUT2D eigenvalue weighted by atomic mass is 32.2. The van der Waals surface area contributed by atoms with Crippen molar-refractivity contribution in [2.45, 2.75) is 31.1 Å². The molecule has 26 heavy (non-hydrogen) atoms. The lowest BCUT2D eigenvalue weighted by Gasteiger charge is -2.33. The van der Waals surface area contributed by atoms with Gasteiger partial charge in [0.25, 0.3) is 0 Å². The van der Waals surface area contributed by atoms with Gasteiger partial charge in [0, 0.05) is 19.6 Å². The Morgan fingerprint density at radius 3 is 2.54 bits per heavy atom. The lowest BCUT2D eigenvalue weighted by Crippen LogP contribution is -2.44. The van der Waals surface area contributed by atoms with Gasteiger partial charge in [0.1, 0.15) is 0 Å². The van der Waals surface area contributed by atoms with Crippen molar-refractivity contribution in [2.24, 2.45) is 17.8 Å². The number of aliphatic carboxylic acids is 1. The number of aryl methyl sites for hydroxylation is 1. The fraction of sp³-hybridized carbons (Fsp3) is 0.556. The van der Waals surface area contributed by atoms with Crippen LogP contribution in [0.4, 0.5) is 0 Å². The van der Waals surface area contributed by atoms with Gasteiger partial charge < -0.3 is 10.0 Å². The zero-order valence-corrected chi connectivity index (χ0v) is 15.5. The van der Waals surface area contributed by atoms with E-state index in [1.807, 2.05) is 6.92 Å². The third kappa shape index (κ3) is 4.24. The molecule has 1 aromatic carbocycles. The predicted molar refractivity (Wildman–Crippen MR) is 94.9 cm³/mol. The first kappa shape index (κ1) is 18.8. The molecule has 0 aromatic heterocycles. The van der Waals surface area contributed by atoms with Crippen molar-refractivity contribution < 1.29 is 23.1 Å². The van der Waals surface area contributed by atoms with Gasteiger partial charge in [0.15, 0.2) is 0 Å². The number of piperidine rings is 1. The lowest BCUT2D eigenvalue weighted by atomic mass is 9.98. The molecule has 3 rings (SSSR count). The monoisotopic (exact) mass is 380 g/mol. The van der Waals surface area contributed by atoms with E-state index in [-0.39, 0.29) is 23.3 Å². The minimum Gasteiger partial charge on any atom is -0.481 e. The van der Waals surface area contributed by atoms with Crippen molar-refractivity contribution in [3.8, 4) is 0 Å². The van der Waals surface area contributed by atoms with E-state index in [1.54, 1.807) is 29.2 Å². The summed E-state index contributed by atoms with van der Waals surface area (Å²) < 4.78 is 27.4. The number of carbonyl (C=O) groups is 2. The summed E-state index contributed by atoms with van der Waals surface area (Å²) in [7, 11) is -3.57. The van der Waals surface area contributed by atoms with Crippen LogP contribution in [0.15, 0.2) is 29.2 Å². The maximum Gasteiger partial charge on any atom is 0.307 e. The van der Waals surface area contributed by atoms with Gasteiger partial charge in [-0.2, -0.15) is 0 Å². The summed E-state index contributed by atoms with van der Waals surface area (Å²) in [6.07, 6.45) is 2.05. The highest BCUT2D eigenvalue weighted by Gasteiger charge is 2.50. The van der Waals surface area contributed by atoms with E-state index in [0.29, 0.717) is 19.5 Å². The molecule has 1 aliphatic heterocycles. The van der Waals surface area contributed by atoms with Gasteiger partial charge in [-0.1, -0.05) is 17.7 Å². The topological polar surface area (TPSA) is 104 Å². The zero-order valence-electron chi connectivity index (χ0n) is 14.7. The molecule has 8 heteroatoms. The van der Waals surface area contributed by atoms with Gasteiger partial charge in [-0.05, 0) is 44.2 Å². The first-order valence-electron chi connectivity index (χ1n) is 8.86.